The number of hydrogen-bond acceptors (Lipinski definition) is 4. The Kier molecular flexibility index (Phi) is 6.51. The van der Waals surface area contributed by atoms with E-state index in [4.69, 9.17) is 4.74 Å². The van der Waals surface area contributed by atoms with Crippen molar-refractivity contribution in [2.75, 3.05) is 11.0 Å². The predicted octanol–water partition coefficient (Wildman–Crippen LogP) is 4.20. The molecule has 2 unspecified atom stereocenters. The molecular weight excluding hydrogens is 438 g/mol. The number of amides is 1. The molecule has 2 atom stereocenters. The zero-order valence-corrected chi connectivity index (χ0v) is 19.6. The summed E-state index contributed by atoms with van der Waals surface area (Å²) in [4.78, 5) is 12.7. The van der Waals surface area contributed by atoms with Crippen LogP contribution in [0.2, 0.25) is 0 Å². The summed E-state index contributed by atoms with van der Waals surface area (Å²) in [7, 11) is -3.84. The van der Waals surface area contributed by atoms with E-state index in [1.165, 1.54) is 5.56 Å². The standard InChI is InChI=1S/C23H28F2N2O4S/c1-13(15-11-17(24)21(18(25)12-15)27-32(5,29)30)26-22(28)20-8-6-14-10-16(23(2,3)4)7-9-19(14)31-20/h7,9-13,20,27H,6,8H2,1-5H3,(H,26,28). The minimum atomic E-state index is -3.84. The van der Waals surface area contributed by atoms with Crippen LogP contribution in [0.1, 0.15) is 56.8 Å². The first-order valence-corrected chi connectivity index (χ1v) is 12.2. The molecule has 1 aliphatic heterocycles. The van der Waals surface area contributed by atoms with Gasteiger partial charge in [0.15, 0.2) is 17.7 Å². The molecule has 0 bridgehead atoms. The number of fused-ring (bicyclic) bond motifs is 1. The van der Waals surface area contributed by atoms with Crippen LogP contribution in [-0.2, 0) is 26.7 Å². The maximum absolute atomic E-state index is 14.3. The molecule has 32 heavy (non-hydrogen) atoms. The summed E-state index contributed by atoms with van der Waals surface area (Å²) < 4.78 is 58.8. The first-order valence-electron chi connectivity index (χ1n) is 10.3. The quantitative estimate of drug-likeness (QED) is 0.692. The molecule has 1 amide bonds. The third-order valence-electron chi connectivity index (χ3n) is 5.37. The lowest BCUT2D eigenvalue weighted by molar-refractivity contribution is -0.129. The molecule has 0 aliphatic carbocycles. The van der Waals surface area contributed by atoms with E-state index < -0.39 is 39.5 Å². The highest BCUT2D eigenvalue weighted by atomic mass is 32.2. The Bertz CT molecular complexity index is 1120. The van der Waals surface area contributed by atoms with E-state index >= 15 is 0 Å². The first-order chi connectivity index (χ1) is 14.7. The Morgan fingerprint density at radius 1 is 1.16 bits per heavy atom. The van der Waals surface area contributed by atoms with E-state index in [0.717, 1.165) is 24.0 Å². The number of ether oxygens (including phenoxy) is 1. The first kappa shape index (κ1) is 24.0. The van der Waals surface area contributed by atoms with Gasteiger partial charge in [-0.25, -0.2) is 17.2 Å². The van der Waals surface area contributed by atoms with Gasteiger partial charge in [-0.15, -0.1) is 0 Å². The summed E-state index contributed by atoms with van der Waals surface area (Å²) in [5.41, 5.74) is 1.66. The zero-order chi connectivity index (χ0) is 23.8. The Morgan fingerprint density at radius 3 is 2.34 bits per heavy atom. The lowest BCUT2D eigenvalue weighted by Crippen LogP contribution is -2.41. The van der Waals surface area contributed by atoms with Gasteiger partial charge in [0.05, 0.1) is 12.3 Å². The molecule has 0 saturated carbocycles. The summed E-state index contributed by atoms with van der Waals surface area (Å²) in [6.45, 7) is 7.98. The molecule has 0 aromatic heterocycles. The molecule has 2 N–H and O–H groups in total. The normalized spacial score (nSPS) is 17.2. The van der Waals surface area contributed by atoms with Gasteiger partial charge in [-0.1, -0.05) is 32.9 Å². The fourth-order valence-corrected chi connectivity index (χ4v) is 4.12. The maximum atomic E-state index is 14.3. The highest BCUT2D eigenvalue weighted by Gasteiger charge is 2.28. The van der Waals surface area contributed by atoms with Crippen molar-refractivity contribution >= 4 is 21.6 Å². The van der Waals surface area contributed by atoms with Crippen LogP contribution in [0.15, 0.2) is 30.3 Å². The van der Waals surface area contributed by atoms with Crippen molar-refractivity contribution in [3.63, 3.8) is 0 Å². The molecule has 0 radical (unpaired) electrons. The van der Waals surface area contributed by atoms with Gasteiger partial charge < -0.3 is 10.1 Å². The predicted molar refractivity (Wildman–Crippen MR) is 119 cm³/mol. The Labute approximate surface area is 187 Å². The van der Waals surface area contributed by atoms with Crippen LogP contribution in [0.5, 0.6) is 5.75 Å². The number of anilines is 1. The second-order valence-electron chi connectivity index (χ2n) is 9.18. The van der Waals surface area contributed by atoms with Gasteiger partial charge in [-0.2, -0.15) is 0 Å². The number of aryl methyl sites for hydroxylation is 1. The van der Waals surface area contributed by atoms with E-state index in [1.807, 2.05) is 16.9 Å². The lowest BCUT2D eigenvalue weighted by atomic mass is 9.85. The number of halogens is 2. The van der Waals surface area contributed by atoms with E-state index in [9.17, 15) is 22.0 Å². The van der Waals surface area contributed by atoms with Crippen LogP contribution < -0.4 is 14.8 Å². The molecule has 3 rings (SSSR count). The molecule has 2 aromatic carbocycles. The molecule has 174 valence electrons. The van der Waals surface area contributed by atoms with Crippen LogP contribution in [0, 0.1) is 11.6 Å². The van der Waals surface area contributed by atoms with Crippen molar-refractivity contribution in [1.29, 1.82) is 0 Å². The monoisotopic (exact) mass is 466 g/mol. The molecule has 0 spiro atoms. The fraction of sp³-hybridized carbons (Fsp3) is 0.435. The SMILES string of the molecule is CC(NC(=O)C1CCc2cc(C(C)(C)C)ccc2O1)c1cc(F)c(NS(C)(=O)=O)c(F)c1. The van der Waals surface area contributed by atoms with Gasteiger partial charge in [-0.3, -0.25) is 9.52 Å². The minimum Gasteiger partial charge on any atom is -0.480 e. The van der Waals surface area contributed by atoms with Crippen molar-refractivity contribution < 1.29 is 26.7 Å². The van der Waals surface area contributed by atoms with E-state index in [2.05, 4.69) is 32.2 Å². The summed E-state index contributed by atoms with van der Waals surface area (Å²) in [5.74, 6) is -1.86. The van der Waals surface area contributed by atoms with Gasteiger partial charge in [0.1, 0.15) is 11.4 Å². The van der Waals surface area contributed by atoms with Crippen LogP contribution in [-0.4, -0.2) is 26.7 Å². The van der Waals surface area contributed by atoms with Crippen LogP contribution in [0.3, 0.4) is 0 Å². The number of carbonyl (C=O) groups is 1. The summed E-state index contributed by atoms with van der Waals surface area (Å²) in [6, 6.07) is 7.23. The highest BCUT2D eigenvalue weighted by Crippen LogP contribution is 2.33. The van der Waals surface area contributed by atoms with E-state index in [-0.39, 0.29) is 16.9 Å². The van der Waals surface area contributed by atoms with Crippen molar-refractivity contribution in [3.8, 4) is 5.75 Å². The second kappa shape index (κ2) is 8.69. The lowest BCUT2D eigenvalue weighted by Gasteiger charge is -2.28. The second-order valence-corrected chi connectivity index (χ2v) is 10.9. The number of hydrogen-bond donors (Lipinski definition) is 2. The van der Waals surface area contributed by atoms with Crippen molar-refractivity contribution in [2.24, 2.45) is 0 Å². The van der Waals surface area contributed by atoms with E-state index in [0.29, 0.717) is 18.6 Å². The van der Waals surface area contributed by atoms with Crippen molar-refractivity contribution in [2.45, 2.75) is 58.1 Å². The number of benzene rings is 2. The molecule has 1 heterocycles. The fourth-order valence-electron chi connectivity index (χ4n) is 3.56. The third kappa shape index (κ3) is 5.56. The minimum absolute atomic E-state index is 0.00954. The average Bonchev–Trinajstić information content (AvgIpc) is 2.68. The van der Waals surface area contributed by atoms with Gasteiger partial charge in [0, 0.05) is 0 Å². The maximum Gasteiger partial charge on any atom is 0.261 e. The molecule has 9 heteroatoms. The summed E-state index contributed by atoms with van der Waals surface area (Å²) in [6.07, 6.45) is 1.25. The molecule has 0 fully saturated rings. The number of nitrogens with one attached hydrogen (secondary N) is 2. The zero-order valence-electron chi connectivity index (χ0n) is 18.8. The van der Waals surface area contributed by atoms with Crippen LogP contribution >= 0.6 is 0 Å². The number of rotatable bonds is 5. The van der Waals surface area contributed by atoms with Crippen molar-refractivity contribution in [3.05, 3.63) is 58.7 Å². The average molecular weight is 467 g/mol. The highest BCUT2D eigenvalue weighted by molar-refractivity contribution is 7.92. The van der Waals surface area contributed by atoms with Gasteiger partial charge >= 0.3 is 0 Å². The Morgan fingerprint density at radius 2 is 1.78 bits per heavy atom. The molecule has 2 aromatic rings. The summed E-state index contributed by atoms with van der Waals surface area (Å²) >= 11 is 0. The molecule has 6 nitrogen and oxygen atoms in total. The van der Waals surface area contributed by atoms with E-state index in [1.54, 1.807) is 6.92 Å². The topological polar surface area (TPSA) is 84.5 Å². The summed E-state index contributed by atoms with van der Waals surface area (Å²) in [5, 5.41) is 2.72. The molecular formula is C23H28F2N2O4S. The van der Waals surface area contributed by atoms with Gasteiger partial charge in [0.2, 0.25) is 10.0 Å². The van der Waals surface area contributed by atoms with Crippen molar-refractivity contribution in [1.82, 2.24) is 5.32 Å². The largest absolute Gasteiger partial charge is 0.480 e. The molecule has 0 saturated heterocycles. The number of sulfonamides is 1. The van der Waals surface area contributed by atoms with Gasteiger partial charge in [-0.05, 0) is 60.1 Å². The Balaban J connectivity index is 1.70. The third-order valence-corrected chi connectivity index (χ3v) is 5.95. The Hall–Kier alpha value is -2.68. The van der Waals surface area contributed by atoms with Crippen LogP contribution in [0.25, 0.3) is 0 Å². The van der Waals surface area contributed by atoms with Gasteiger partial charge in [0.25, 0.3) is 5.91 Å². The molecule has 1 aliphatic rings. The smallest absolute Gasteiger partial charge is 0.261 e. The van der Waals surface area contributed by atoms with Crippen LogP contribution in [0.4, 0.5) is 14.5 Å². The number of carbonyl (C=O) groups excluding carboxylic acids is 1.